The molecule has 1 aromatic heterocycles. The number of aromatic nitrogens is 1. The van der Waals surface area contributed by atoms with Crippen molar-refractivity contribution >= 4 is 32.9 Å². The minimum absolute atomic E-state index is 0.0165. The van der Waals surface area contributed by atoms with Crippen molar-refractivity contribution in [3.8, 4) is 17.0 Å². The first kappa shape index (κ1) is 31.8. The lowest BCUT2D eigenvalue weighted by Crippen LogP contribution is -2.54. The fourth-order valence-corrected chi connectivity index (χ4v) is 10.3. The normalized spacial score (nSPS) is 29.6. The average molecular weight is 675 g/mol. The maximum atomic E-state index is 15.0. The smallest absolute Gasteiger partial charge is 0.303 e. The molecule has 4 atom stereocenters. The number of benzene rings is 2. The Balaban J connectivity index is 1.32. The van der Waals surface area contributed by atoms with Crippen molar-refractivity contribution in [1.82, 2.24) is 18.5 Å². The van der Waals surface area contributed by atoms with Gasteiger partial charge in [-0.05, 0) is 99.2 Å². The maximum absolute atomic E-state index is 15.0. The number of hydrogen-bond donors (Lipinski definition) is 2. The van der Waals surface area contributed by atoms with E-state index < -0.39 is 27.1 Å². The van der Waals surface area contributed by atoms with Crippen LogP contribution in [0.15, 0.2) is 36.4 Å². The van der Waals surface area contributed by atoms with Gasteiger partial charge in [0.1, 0.15) is 5.75 Å². The van der Waals surface area contributed by atoms with E-state index in [1.165, 1.54) is 26.1 Å². The molecule has 11 heteroatoms. The Morgan fingerprint density at radius 3 is 2.35 bits per heavy atom. The van der Waals surface area contributed by atoms with Gasteiger partial charge >= 0.3 is 10.2 Å². The fourth-order valence-electron chi connectivity index (χ4n) is 9.74. The van der Waals surface area contributed by atoms with Crippen LogP contribution in [0.25, 0.3) is 22.2 Å². The van der Waals surface area contributed by atoms with E-state index in [0.29, 0.717) is 25.3 Å². The number of piperidine rings is 1. The van der Waals surface area contributed by atoms with Crippen molar-refractivity contribution in [1.29, 1.82) is 0 Å². The number of aliphatic hydroxyl groups is 1. The van der Waals surface area contributed by atoms with Crippen molar-refractivity contribution in [2.24, 2.45) is 5.41 Å². The van der Waals surface area contributed by atoms with E-state index in [4.69, 9.17) is 4.74 Å². The molecule has 2 aromatic carbocycles. The molecule has 48 heavy (non-hydrogen) atoms. The lowest BCUT2D eigenvalue weighted by Gasteiger charge is -2.43. The second-order valence-electron chi connectivity index (χ2n) is 15.5. The summed E-state index contributed by atoms with van der Waals surface area (Å²) in [6.45, 7) is 2.37. The summed E-state index contributed by atoms with van der Waals surface area (Å²) >= 11 is 0. The third-order valence-electron chi connectivity index (χ3n) is 12.1. The highest BCUT2D eigenvalue weighted by Crippen LogP contribution is 2.67. The molecule has 0 spiro atoms. The zero-order chi connectivity index (χ0) is 33.7. The topological polar surface area (TPSA) is 121 Å². The minimum Gasteiger partial charge on any atom is -0.497 e. The summed E-state index contributed by atoms with van der Waals surface area (Å²) in [6.07, 6.45) is 9.41. The van der Waals surface area contributed by atoms with Crippen LogP contribution in [0.5, 0.6) is 5.75 Å². The molecular formula is C37H46N4O6S. The molecule has 2 amide bonds. The van der Waals surface area contributed by atoms with Gasteiger partial charge in [-0.1, -0.05) is 25.3 Å². The number of carbonyl (C=O) groups is 2. The number of rotatable bonds is 6. The third kappa shape index (κ3) is 4.90. The average Bonchev–Trinajstić information content (AvgIpc) is 3.63. The number of ether oxygens (including phenoxy) is 1. The zero-order valence-electron chi connectivity index (χ0n) is 28.3. The summed E-state index contributed by atoms with van der Waals surface area (Å²) in [5, 5.41) is 12.0. The van der Waals surface area contributed by atoms with E-state index >= 15 is 4.79 Å². The first-order valence-corrected chi connectivity index (χ1v) is 18.9. The summed E-state index contributed by atoms with van der Waals surface area (Å²) < 4.78 is 36.4. The highest BCUT2D eigenvalue weighted by molar-refractivity contribution is 7.87. The molecule has 2 bridgehead atoms. The highest BCUT2D eigenvalue weighted by atomic mass is 32.2. The van der Waals surface area contributed by atoms with Gasteiger partial charge in [-0.25, -0.2) is 4.72 Å². The van der Waals surface area contributed by atoms with E-state index in [1.54, 1.807) is 13.2 Å². The molecule has 10 nitrogen and oxygen atoms in total. The van der Waals surface area contributed by atoms with E-state index in [1.807, 2.05) is 25.1 Å². The van der Waals surface area contributed by atoms with E-state index in [2.05, 4.69) is 26.3 Å². The van der Waals surface area contributed by atoms with E-state index in [0.717, 1.165) is 82.7 Å². The molecule has 2 saturated carbocycles. The number of amides is 2. The van der Waals surface area contributed by atoms with Gasteiger partial charge in [0.2, 0.25) is 5.91 Å². The lowest BCUT2D eigenvalue weighted by molar-refractivity contribution is -0.147. The quantitative estimate of drug-likeness (QED) is 0.367. The molecule has 2 saturated heterocycles. The molecule has 4 heterocycles. The maximum Gasteiger partial charge on any atom is 0.303 e. The summed E-state index contributed by atoms with van der Waals surface area (Å²) in [4.78, 5) is 30.5. The predicted octanol–water partition coefficient (Wildman–Crippen LogP) is 5.29. The van der Waals surface area contributed by atoms with E-state index in [9.17, 15) is 18.3 Å². The molecule has 4 fully saturated rings. The van der Waals surface area contributed by atoms with Gasteiger partial charge in [0.25, 0.3) is 5.91 Å². The third-order valence-corrected chi connectivity index (χ3v) is 13.5. The Morgan fingerprint density at radius 2 is 1.69 bits per heavy atom. The van der Waals surface area contributed by atoms with Gasteiger partial charge in [0.15, 0.2) is 0 Å². The number of fused-ring (bicyclic) bond motifs is 9. The van der Waals surface area contributed by atoms with Crippen LogP contribution in [-0.2, 0) is 21.5 Å². The fraction of sp³-hybridized carbons (Fsp3) is 0.568. The van der Waals surface area contributed by atoms with Gasteiger partial charge in [-0.15, -0.1) is 0 Å². The highest BCUT2D eigenvalue weighted by Gasteiger charge is 2.66. The predicted molar refractivity (Wildman–Crippen MR) is 183 cm³/mol. The number of nitrogens with one attached hydrogen (secondary N) is 1. The summed E-state index contributed by atoms with van der Waals surface area (Å²) in [5.74, 6) is 0.599. The largest absolute Gasteiger partial charge is 0.497 e. The van der Waals surface area contributed by atoms with Crippen LogP contribution in [0.4, 0.5) is 0 Å². The number of methoxy groups -OCH3 is 1. The van der Waals surface area contributed by atoms with Crippen molar-refractivity contribution < 1.29 is 27.9 Å². The Hall–Kier alpha value is -3.41. The Labute approximate surface area is 282 Å². The lowest BCUT2D eigenvalue weighted by atomic mass is 9.81. The minimum atomic E-state index is -3.98. The molecule has 0 radical (unpaired) electrons. The van der Waals surface area contributed by atoms with Crippen molar-refractivity contribution in [2.45, 2.75) is 107 Å². The molecule has 2 unspecified atom stereocenters. The van der Waals surface area contributed by atoms with Gasteiger partial charge in [-0.2, -0.15) is 12.7 Å². The van der Waals surface area contributed by atoms with E-state index in [-0.39, 0.29) is 29.5 Å². The van der Waals surface area contributed by atoms with Crippen LogP contribution in [0.1, 0.15) is 104 Å². The van der Waals surface area contributed by atoms with Gasteiger partial charge in [0, 0.05) is 60.7 Å². The molecule has 5 aliphatic rings. The van der Waals surface area contributed by atoms with Gasteiger partial charge in [0.05, 0.1) is 23.8 Å². The van der Waals surface area contributed by atoms with Crippen LogP contribution >= 0.6 is 0 Å². The number of hydrogen-bond acceptors (Lipinski definition) is 6. The number of nitrogens with zero attached hydrogens (tertiary/aromatic N) is 3. The molecule has 3 aliphatic heterocycles. The molecule has 256 valence electrons. The first-order chi connectivity index (χ1) is 22.8. The zero-order valence-corrected chi connectivity index (χ0v) is 29.1. The second-order valence-corrected chi connectivity index (χ2v) is 17.4. The van der Waals surface area contributed by atoms with Gasteiger partial charge in [-0.3, -0.25) is 9.59 Å². The summed E-state index contributed by atoms with van der Waals surface area (Å²) in [6, 6.07) is 11.8. The van der Waals surface area contributed by atoms with Gasteiger partial charge < -0.3 is 19.3 Å². The Kier molecular flexibility index (Phi) is 7.33. The van der Waals surface area contributed by atoms with Crippen molar-refractivity contribution in [3.05, 3.63) is 53.1 Å². The molecule has 3 aromatic rings. The van der Waals surface area contributed by atoms with Crippen LogP contribution in [0, 0.1) is 5.41 Å². The van der Waals surface area contributed by atoms with Crippen molar-refractivity contribution in [3.63, 3.8) is 0 Å². The SMILES string of the molecule is COc1ccc2c(c1)[C@@H]1C[C@]1(C(=O)N1C3CCC1CC(C)(O)C3)Cn1c-2c(C2CCCCC2)c2ccc(C(=O)NS(=O)(=O)N(C)C)cc21. The Morgan fingerprint density at radius 1 is 0.979 bits per heavy atom. The summed E-state index contributed by atoms with van der Waals surface area (Å²) in [5.41, 5.74) is 4.29. The van der Waals surface area contributed by atoms with Crippen LogP contribution < -0.4 is 9.46 Å². The Bertz CT molecular complexity index is 1930. The first-order valence-electron chi connectivity index (χ1n) is 17.5. The monoisotopic (exact) mass is 674 g/mol. The summed E-state index contributed by atoms with van der Waals surface area (Å²) in [7, 11) is 0.457. The second kappa shape index (κ2) is 11.1. The molecular weight excluding hydrogens is 628 g/mol. The van der Waals surface area contributed by atoms with Crippen LogP contribution in [0.2, 0.25) is 0 Å². The molecule has 2 N–H and O–H groups in total. The van der Waals surface area contributed by atoms with Crippen LogP contribution in [0.3, 0.4) is 0 Å². The molecule has 8 rings (SSSR count). The number of carbonyl (C=O) groups excluding carboxylic acids is 2. The van der Waals surface area contributed by atoms with Crippen molar-refractivity contribution in [2.75, 3.05) is 21.2 Å². The molecule has 2 aliphatic carbocycles. The van der Waals surface area contributed by atoms with Crippen LogP contribution in [-0.4, -0.2) is 78.0 Å². The standard InChI is InChI=1S/C37H46N4O6S/c1-36(44)18-24-11-12-25(19-36)41(24)35(43)37-20-30(37)29-17-26(47-4)13-15-27(29)33-32(22-8-6-5-7-9-22)28-14-10-23(16-31(28)40(33)21-37)34(42)38-48(45,46)39(2)3/h10,13-17,22,24-25,30,44H,5-9,11-12,18-21H2,1-4H3,(H,38,42)/t24?,25?,30-,36?,37-/m0/s1.